The van der Waals surface area contributed by atoms with E-state index in [1.54, 1.807) is 30.4 Å². The summed E-state index contributed by atoms with van der Waals surface area (Å²) in [5.41, 5.74) is 8.77. The van der Waals surface area contributed by atoms with Gasteiger partial charge in [-0.3, -0.25) is 4.79 Å². The molecule has 0 amide bonds. The highest BCUT2D eigenvalue weighted by Crippen LogP contribution is 2.15. The van der Waals surface area contributed by atoms with Gasteiger partial charge in [0.1, 0.15) is 6.61 Å². The molecule has 6 heteroatoms. The molecule has 5 nitrogen and oxygen atoms in total. The van der Waals surface area contributed by atoms with E-state index in [1.165, 1.54) is 0 Å². The summed E-state index contributed by atoms with van der Waals surface area (Å²) in [4.78, 5) is 14.0. The Bertz CT molecular complexity index is 482. The van der Waals surface area contributed by atoms with Crippen LogP contribution in [0.25, 0.3) is 10.4 Å². The molecule has 0 unspecified atom stereocenters. The smallest absolute Gasteiger partial charge is 0.310 e. The van der Waals surface area contributed by atoms with Crippen LogP contribution < -0.4 is 0 Å². The van der Waals surface area contributed by atoms with E-state index in [9.17, 15) is 4.79 Å². The van der Waals surface area contributed by atoms with Crippen molar-refractivity contribution in [2.24, 2.45) is 5.11 Å². The van der Waals surface area contributed by atoms with E-state index in [-0.39, 0.29) is 25.5 Å². The van der Waals surface area contributed by atoms with Gasteiger partial charge in [0.05, 0.1) is 6.42 Å². The number of rotatable bonds is 6. The fourth-order valence-corrected chi connectivity index (χ4v) is 1.42. The number of azide groups is 1. The number of ether oxygens (including phenoxy) is 1. The highest BCUT2D eigenvalue weighted by Gasteiger charge is 2.06. The summed E-state index contributed by atoms with van der Waals surface area (Å²) in [6.07, 6.45) is 3.39. The number of hydrogen-bond acceptors (Lipinski definition) is 3. The molecule has 18 heavy (non-hydrogen) atoms. The minimum absolute atomic E-state index is 0.143. The molecule has 0 atom stereocenters. The average Bonchev–Trinajstić information content (AvgIpc) is 2.36. The SMILES string of the molecule is [N-]=[N+]=NC/C=C\COC(=O)Cc1ccccc1Cl. The monoisotopic (exact) mass is 265 g/mol. The first-order valence-corrected chi connectivity index (χ1v) is 5.66. The van der Waals surface area contributed by atoms with Crippen LogP contribution in [0.3, 0.4) is 0 Å². The number of hydrogen-bond donors (Lipinski definition) is 0. The summed E-state index contributed by atoms with van der Waals surface area (Å²) < 4.78 is 4.96. The highest BCUT2D eigenvalue weighted by atomic mass is 35.5. The van der Waals surface area contributed by atoms with Crippen molar-refractivity contribution in [3.63, 3.8) is 0 Å². The zero-order valence-corrected chi connectivity index (χ0v) is 10.4. The summed E-state index contributed by atoms with van der Waals surface area (Å²) in [5.74, 6) is -0.350. The van der Waals surface area contributed by atoms with Crippen LogP contribution in [0.15, 0.2) is 41.5 Å². The first-order chi connectivity index (χ1) is 8.74. The largest absolute Gasteiger partial charge is 0.461 e. The predicted octanol–water partition coefficient (Wildman–Crippen LogP) is 3.29. The highest BCUT2D eigenvalue weighted by molar-refractivity contribution is 6.31. The molecule has 0 fully saturated rings. The van der Waals surface area contributed by atoms with Crippen LogP contribution in [0.2, 0.25) is 5.02 Å². The number of carbonyl (C=O) groups excluding carboxylic acids is 1. The Labute approximate surface area is 110 Å². The Morgan fingerprint density at radius 3 is 2.94 bits per heavy atom. The Morgan fingerprint density at radius 2 is 2.22 bits per heavy atom. The van der Waals surface area contributed by atoms with Crippen molar-refractivity contribution in [1.29, 1.82) is 0 Å². The van der Waals surface area contributed by atoms with Crippen LogP contribution in [0.4, 0.5) is 0 Å². The molecule has 0 N–H and O–H groups in total. The Kier molecular flexibility index (Phi) is 6.40. The number of benzene rings is 1. The number of esters is 1. The molecule has 0 saturated carbocycles. The Morgan fingerprint density at radius 1 is 1.44 bits per heavy atom. The molecule has 0 aliphatic carbocycles. The van der Waals surface area contributed by atoms with Gasteiger partial charge in [0, 0.05) is 16.5 Å². The molecular formula is C12H12ClN3O2. The third-order valence-electron chi connectivity index (χ3n) is 2.05. The zero-order valence-electron chi connectivity index (χ0n) is 9.62. The second kappa shape index (κ2) is 8.17. The van der Waals surface area contributed by atoms with E-state index < -0.39 is 0 Å². The maximum atomic E-state index is 11.5. The molecule has 0 aromatic heterocycles. The summed E-state index contributed by atoms with van der Waals surface area (Å²) in [6.45, 7) is 0.406. The lowest BCUT2D eigenvalue weighted by atomic mass is 10.1. The zero-order chi connectivity index (χ0) is 13.2. The summed E-state index contributed by atoms with van der Waals surface area (Å²) in [7, 11) is 0. The second-order valence-electron chi connectivity index (χ2n) is 3.34. The summed E-state index contributed by atoms with van der Waals surface area (Å²) in [5, 5.41) is 3.85. The molecule has 94 valence electrons. The molecule has 0 spiro atoms. The van der Waals surface area contributed by atoms with Crippen molar-refractivity contribution in [1.82, 2.24) is 0 Å². The van der Waals surface area contributed by atoms with Crippen LogP contribution in [-0.4, -0.2) is 19.1 Å². The topological polar surface area (TPSA) is 75.1 Å². The van der Waals surface area contributed by atoms with Crippen molar-refractivity contribution < 1.29 is 9.53 Å². The molecule has 0 bridgehead atoms. The summed E-state index contributed by atoms with van der Waals surface area (Å²) in [6, 6.07) is 7.12. The maximum absolute atomic E-state index is 11.5. The molecule has 0 aliphatic rings. The van der Waals surface area contributed by atoms with Crippen molar-refractivity contribution in [3.05, 3.63) is 57.4 Å². The predicted molar refractivity (Wildman–Crippen MR) is 69.3 cm³/mol. The van der Waals surface area contributed by atoms with Gasteiger partial charge in [-0.1, -0.05) is 47.1 Å². The van der Waals surface area contributed by atoms with Crippen LogP contribution in [-0.2, 0) is 16.0 Å². The average molecular weight is 266 g/mol. The lowest BCUT2D eigenvalue weighted by molar-refractivity contribution is -0.141. The van der Waals surface area contributed by atoms with E-state index in [4.69, 9.17) is 21.9 Å². The van der Waals surface area contributed by atoms with E-state index in [0.29, 0.717) is 5.02 Å². The molecular weight excluding hydrogens is 254 g/mol. The third kappa shape index (κ3) is 5.39. The fourth-order valence-electron chi connectivity index (χ4n) is 1.22. The van der Waals surface area contributed by atoms with Gasteiger partial charge >= 0.3 is 5.97 Å². The van der Waals surface area contributed by atoms with Gasteiger partial charge < -0.3 is 4.74 Å². The molecule has 0 heterocycles. The van der Waals surface area contributed by atoms with Crippen LogP contribution in [0.5, 0.6) is 0 Å². The Balaban J connectivity index is 2.32. The third-order valence-corrected chi connectivity index (χ3v) is 2.42. The van der Waals surface area contributed by atoms with Gasteiger partial charge in [0.25, 0.3) is 0 Å². The van der Waals surface area contributed by atoms with E-state index >= 15 is 0 Å². The van der Waals surface area contributed by atoms with E-state index in [0.717, 1.165) is 5.56 Å². The number of carbonyl (C=O) groups is 1. The van der Waals surface area contributed by atoms with Crippen LogP contribution >= 0.6 is 11.6 Å². The first-order valence-electron chi connectivity index (χ1n) is 5.29. The molecule has 1 rings (SSSR count). The van der Waals surface area contributed by atoms with Crippen molar-refractivity contribution in [2.45, 2.75) is 6.42 Å². The standard InChI is InChI=1S/C12H12ClN3O2/c13-11-6-2-1-5-10(11)9-12(17)18-8-4-3-7-15-16-14/h1-6H,7-9H2/b4-3-. The van der Waals surface area contributed by atoms with Crippen LogP contribution in [0, 0.1) is 0 Å². The first kappa shape index (κ1) is 14.1. The van der Waals surface area contributed by atoms with E-state index in [1.807, 2.05) is 6.07 Å². The molecule has 1 aromatic rings. The maximum Gasteiger partial charge on any atom is 0.310 e. The minimum Gasteiger partial charge on any atom is -0.461 e. The summed E-state index contributed by atoms with van der Waals surface area (Å²) >= 11 is 5.92. The number of nitrogens with zero attached hydrogens (tertiary/aromatic N) is 3. The molecule has 1 aromatic carbocycles. The van der Waals surface area contributed by atoms with Gasteiger partial charge in [-0.2, -0.15) is 0 Å². The molecule has 0 saturated heterocycles. The van der Waals surface area contributed by atoms with Crippen LogP contribution in [0.1, 0.15) is 5.56 Å². The second-order valence-corrected chi connectivity index (χ2v) is 3.74. The van der Waals surface area contributed by atoms with Crippen molar-refractivity contribution >= 4 is 17.6 Å². The molecule has 0 aliphatic heterocycles. The lowest BCUT2D eigenvalue weighted by Gasteiger charge is -2.03. The van der Waals surface area contributed by atoms with Crippen molar-refractivity contribution in [3.8, 4) is 0 Å². The van der Waals surface area contributed by atoms with Gasteiger partial charge in [-0.05, 0) is 17.2 Å². The quantitative estimate of drug-likeness (QED) is 0.260. The minimum atomic E-state index is -0.350. The van der Waals surface area contributed by atoms with Crippen molar-refractivity contribution in [2.75, 3.05) is 13.2 Å². The van der Waals surface area contributed by atoms with E-state index in [2.05, 4.69) is 10.0 Å². The van der Waals surface area contributed by atoms with Gasteiger partial charge in [-0.25, -0.2) is 0 Å². The van der Waals surface area contributed by atoms with Gasteiger partial charge in [0.15, 0.2) is 0 Å². The van der Waals surface area contributed by atoms with Gasteiger partial charge in [-0.15, -0.1) is 0 Å². The fraction of sp³-hybridized carbons (Fsp3) is 0.250. The lowest BCUT2D eigenvalue weighted by Crippen LogP contribution is -2.08. The van der Waals surface area contributed by atoms with Gasteiger partial charge in [0.2, 0.25) is 0 Å². The Hall–Kier alpha value is -1.97. The number of halogens is 1. The molecule has 0 radical (unpaired) electrons. The normalized spacial score (nSPS) is 10.1.